The molecule has 0 aliphatic heterocycles. The van der Waals surface area contributed by atoms with Crippen LogP contribution in [0.15, 0.2) is 27.9 Å². The second-order valence-electron chi connectivity index (χ2n) is 2.67. The Morgan fingerprint density at radius 1 is 1.57 bits per heavy atom. The molecular weight excluding hydrogens is 184 g/mol. The number of oxazole rings is 1. The van der Waals surface area contributed by atoms with Crippen LogP contribution in [0.5, 0.6) is 0 Å². The predicted molar refractivity (Wildman–Crippen MR) is 48.2 cm³/mol. The zero-order valence-electron chi connectivity index (χ0n) is 7.23. The van der Waals surface area contributed by atoms with Crippen molar-refractivity contribution >= 4 is 0 Å². The summed E-state index contributed by atoms with van der Waals surface area (Å²) >= 11 is 0. The SMILES string of the molecule is NCc1cc(-c2cnco2)nc(=O)[nH]1. The molecule has 6 heteroatoms. The summed E-state index contributed by atoms with van der Waals surface area (Å²) in [6, 6.07) is 1.65. The van der Waals surface area contributed by atoms with Crippen molar-refractivity contribution in [3.05, 3.63) is 34.8 Å². The summed E-state index contributed by atoms with van der Waals surface area (Å²) in [5, 5.41) is 0. The lowest BCUT2D eigenvalue weighted by atomic mass is 10.3. The Labute approximate surface area is 78.8 Å². The number of hydrogen-bond acceptors (Lipinski definition) is 5. The summed E-state index contributed by atoms with van der Waals surface area (Å²) in [7, 11) is 0. The zero-order valence-corrected chi connectivity index (χ0v) is 7.23. The molecule has 72 valence electrons. The summed E-state index contributed by atoms with van der Waals surface area (Å²) in [6.45, 7) is 0.249. The molecule has 0 saturated heterocycles. The van der Waals surface area contributed by atoms with Crippen molar-refractivity contribution in [1.29, 1.82) is 0 Å². The van der Waals surface area contributed by atoms with Gasteiger partial charge >= 0.3 is 5.69 Å². The van der Waals surface area contributed by atoms with E-state index in [-0.39, 0.29) is 6.54 Å². The van der Waals surface area contributed by atoms with Crippen molar-refractivity contribution < 1.29 is 4.42 Å². The van der Waals surface area contributed by atoms with E-state index >= 15 is 0 Å². The molecular formula is C8H8N4O2. The minimum absolute atomic E-state index is 0.249. The fourth-order valence-corrected chi connectivity index (χ4v) is 1.09. The lowest BCUT2D eigenvalue weighted by Crippen LogP contribution is -2.15. The Balaban J connectivity index is 2.54. The van der Waals surface area contributed by atoms with Crippen molar-refractivity contribution in [2.24, 2.45) is 5.73 Å². The summed E-state index contributed by atoms with van der Waals surface area (Å²) < 4.78 is 5.01. The van der Waals surface area contributed by atoms with Gasteiger partial charge in [-0.2, -0.15) is 4.98 Å². The Morgan fingerprint density at radius 3 is 3.07 bits per heavy atom. The number of aromatic amines is 1. The summed E-state index contributed by atoms with van der Waals surface area (Å²) in [5.41, 5.74) is 6.00. The van der Waals surface area contributed by atoms with Gasteiger partial charge in [-0.1, -0.05) is 0 Å². The van der Waals surface area contributed by atoms with E-state index in [1.54, 1.807) is 6.07 Å². The molecule has 0 fully saturated rings. The quantitative estimate of drug-likeness (QED) is 0.691. The molecule has 0 saturated carbocycles. The second kappa shape index (κ2) is 3.43. The van der Waals surface area contributed by atoms with E-state index in [0.29, 0.717) is 17.1 Å². The monoisotopic (exact) mass is 192 g/mol. The minimum atomic E-state index is -0.445. The number of rotatable bonds is 2. The Kier molecular flexibility index (Phi) is 2.11. The Morgan fingerprint density at radius 2 is 2.43 bits per heavy atom. The van der Waals surface area contributed by atoms with Crippen LogP contribution >= 0.6 is 0 Å². The molecule has 6 nitrogen and oxygen atoms in total. The van der Waals surface area contributed by atoms with Gasteiger partial charge in [0.15, 0.2) is 12.2 Å². The zero-order chi connectivity index (χ0) is 9.97. The highest BCUT2D eigenvalue weighted by atomic mass is 16.3. The van der Waals surface area contributed by atoms with E-state index in [1.165, 1.54) is 12.6 Å². The third-order valence-corrected chi connectivity index (χ3v) is 1.71. The highest BCUT2D eigenvalue weighted by Gasteiger charge is 2.05. The summed E-state index contributed by atoms with van der Waals surface area (Å²) in [5.74, 6) is 0.450. The highest BCUT2D eigenvalue weighted by molar-refractivity contribution is 5.49. The summed E-state index contributed by atoms with van der Waals surface area (Å²) in [6.07, 6.45) is 2.77. The molecule has 2 heterocycles. The molecule has 0 spiro atoms. The molecule has 0 atom stereocenters. The first kappa shape index (κ1) is 8.64. The standard InChI is InChI=1S/C8H8N4O2/c9-2-5-1-6(12-8(13)11-5)7-3-10-4-14-7/h1,3-4H,2,9H2,(H,11,12,13). The van der Waals surface area contributed by atoms with Crippen LogP contribution in [0, 0.1) is 0 Å². The van der Waals surface area contributed by atoms with Crippen molar-refractivity contribution in [3.63, 3.8) is 0 Å². The normalized spacial score (nSPS) is 10.4. The van der Waals surface area contributed by atoms with Crippen LogP contribution in [0.1, 0.15) is 5.69 Å². The number of H-pyrrole nitrogens is 1. The van der Waals surface area contributed by atoms with Gasteiger partial charge in [0, 0.05) is 12.2 Å². The molecule has 0 aromatic carbocycles. The van der Waals surface area contributed by atoms with Crippen LogP contribution in [-0.2, 0) is 6.54 Å². The van der Waals surface area contributed by atoms with E-state index in [1.807, 2.05) is 0 Å². The first-order valence-electron chi connectivity index (χ1n) is 3.99. The van der Waals surface area contributed by atoms with Gasteiger partial charge in [-0.15, -0.1) is 0 Å². The Hall–Kier alpha value is -1.95. The fraction of sp³-hybridized carbons (Fsp3) is 0.125. The third kappa shape index (κ3) is 1.55. The molecule has 0 bridgehead atoms. The average molecular weight is 192 g/mol. The van der Waals surface area contributed by atoms with Crippen LogP contribution in [0.2, 0.25) is 0 Å². The van der Waals surface area contributed by atoms with Crippen LogP contribution in [0.25, 0.3) is 11.5 Å². The molecule has 0 unspecified atom stereocenters. The molecule has 0 radical (unpaired) electrons. The van der Waals surface area contributed by atoms with Crippen molar-refractivity contribution in [1.82, 2.24) is 15.0 Å². The van der Waals surface area contributed by atoms with Crippen LogP contribution < -0.4 is 11.4 Å². The van der Waals surface area contributed by atoms with Gasteiger partial charge < -0.3 is 15.1 Å². The topological polar surface area (TPSA) is 97.8 Å². The van der Waals surface area contributed by atoms with Crippen LogP contribution in [0.4, 0.5) is 0 Å². The smallest absolute Gasteiger partial charge is 0.345 e. The fourth-order valence-electron chi connectivity index (χ4n) is 1.09. The molecule has 2 rings (SSSR count). The van der Waals surface area contributed by atoms with E-state index < -0.39 is 5.69 Å². The first-order valence-corrected chi connectivity index (χ1v) is 3.99. The number of nitrogens with zero attached hydrogens (tertiary/aromatic N) is 2. The first-order chi connectivity index (χ1) is 6.79. The molecule has 2 aromatic heterocycles. The number of aromatic nitrogens is 3. The largest absolute Gasteiger partial charge is 0.442 e. The lowest BCUT2D eigenvalue weighted by molar-refractivity contribution is 0.569. The van der Waals surface area contributed by atoms with Gasteiger partial charge in [0.2, 0.25) is 0 Å². The molecule has 14 heavy (non-hydrogen) atoms. The number of hydrogen-bond donors (Lipinski definition) is 2. The van der Waals surface area contributed by atoms with Crippen molar-refractivity contribution in [2.45, 2.75) is 6.54 Å². The van der Waals surface area contributed by atoms with Crippen molar-refractivity contribution in [3.8, 4) is 11.5 Å². The average Bonchev–Trinajstić information content (AvgIpc) is 2.69. The van der Waals surface area contributed by atoms with Gasteiger partial charge in [0.1, 0.15) is 5.69 Å². The van der Waals surface area contributed by atoms with Crippen LogP contribution in [-0.4, -0.2) is 15.0 Å². The Bertz CT molecular complexity index is 474. The van der Waals surface area contributed by atoms with E-state index in [4.69, 9.17) is 10.2 Å². The molecule has 0 amide bonds. The van der Waals surface area contributed by atoms with Crippen LogP contribution in [0.3, 0.4) is 0 Å². The molecule has 3 N–H and O–H groups in total. The van der Waals surface area contributed by atoms with Gasteiger partial charge in [0.25, 0.3) is 0 Å². The number of nitrogens with one attached hydrogen (secondary N) is 1. The summed E-state index contributed by atoms with van der Waals surface area (Å²) in [4.78, 5) is 21.0. The second-order valence-corrected chi connectivity index (χ2v) is 2.67. The third-order valence-electron chi connectivity index (χ3n) is 1.71. The maximum Gasteiger partial charge on any atom is 0.345 e. The molecule has 0 aliphatic carbocycles. The van der Waals surface area contributed by atoms with E-state index in [0.717, 1.165) is 0 Å². The molecule has 0 aliphatic rings. The van der Waals surface area contributed by atoms with Crippen molar-refractivity contribution in [2.75, 3.05) is 0 Å². The highest BCUT2D eigenvalue weighted by Crippen LogP contribution is 2.14. The van der Waals surface area contributed by atoms with E-state index in [9.17, 15) is 4.79 Å². The van der Waals surface area contributed by atoms with Gasteiger partial charge in [-0.3, -0.25) is 0 Å². The maximum absolute atomic E-state index is 11.1. The predicted octanol–water partition coefficient (Wildman–Crippen LogP) is -0.116. The van der Waals surface area contributed by atoms with E-state index in [2.05, 4.69) is 15.0 Å². The lowest BCUT2D eigenvalue weighted by Gasteiger charge is -1.98. The van der Waals surface area contributed by atoms with Gasteiger partial charge in [-0.25, -0.2) is 9.78 Å². The maximum atomic E-state index is 11.1. The van der Waals surface area contributed by atoms with Gasteiger partial charge in [0.05, 0.1) is 6.20 Å². The minimum Gasteiger partial charge on any atom is -0.442 e. The number of nitrogens with two attached hydrogens (primary N) is 1. The molecule has 2 aromatic rings. The van der Waals surface area contributed by atoms with Gasteiger partial charge in [-0.05, 0) is 6.07 Å².